The van der Waals surface area contributed by atoms with E-state index >= 15 is 0 Å². The Morgan fingerprint density at radius 1 is 1.06 bits per heavy atom. The molecule has 32 heavy (non-hydrogen) atoms. The van der Waals surface area contributed by atoms with Crippen molar-refractivity contribution < 1.29 is 14.4 Å². The predicted octanol–water partition coefficient (Wildman–Crippen LogP) is 2.61. The Morgan fingerprint density at radius 2 is 1.84 bits per heavy atom. The summed E-state index contributed by atoms with van der Waals surface area (Å²) in [7, 11) is 0. The van der Waals surface area contributed by atoms with E-state index in [1.54, 1.807) is 4.90 Å². The van der Waals surface area contributed by atoms with Gasteiger partial charge >= 0.3 is 6.03 Å². The highest BCUT2D eigenvalue weighted by Gasteiger charge is 2.45. The van der Waals surface area contributed by atoms with E-state index < -0.39 is 0 Å². The van der Waals surface area contributed by atoms with Gasteiger partial charge in [0.2, 0.25) is 5.91 Å². The molecule has 0 aromatic heterocycles. The molecule has 174 valence electrons. The normalized spacial score (nSPS) is 22.0. The molecule has 3 saturated heterocycles. The lowest BCUT2D eigenvalue weighted by atomic mass is 10.0. The minimum absolute atomic E-state index is 0.00367. The van der Waals surface area contributed by atoms with Crippen LogP contribution in [0.25, 0.3) is 0 Å². The molecule has 1 N–H and O–H groups in total. The van der Waals surface area contributed by atoms with Crippen LogP contribution in [0.4, 0.5) is 16.2 Å². The van der Waals surface area contributed by atoms with Crippen molar-refractivity contribution in [3.63, 3.8) is 0 Å². The van der Waals surface area contributed by atoms with E-state index in [-0.39, 0.29) is 29.8 Å². The van der Waals surface area contributed by atoms with Crippen molar-refractivity contribution in [2.75, 3.05) is 56.0 Å². The molecule has 0 radical (unpaired) electrons. The van der Waals surface area contributed by atoms with Gasteiger partial charge < -0.3 is 15.1 Å². The summed E-state index contributed by atoms with van der Waals surface area (Å²) in [5.41, 5.74) is 1.95. The number of benzene rings is 1. The quantitative estimate of drug-likeness (QED) is 0.659. The molecule has 1 aromatic rings. The molecule has 1 atom stereocenters. The van der Waals surface area contributed by atoms with Crippen LogP contribution in [0.3, 0.4) is 0 Å². The van der Waals surface area contributed by atoms with Crippen LogP contribution in [0.1, 0.15) is 39.5 Å². The first-order chi connectivity index (χ1) is 15.4. The molecule has 8 heteroatoms. The Hall–Kier alpha value is -2.61. The SMILES string of the molecule is CC(C)C(=O)Nc1cccc(N2CCN(CCCN3C(=O)[C@@H]4CCCCN4C3=O)CC2)c1. The van der Waals surface area contributed by atoms with Crippen molar-refractivity contribution in [3.8, 4) is 0 Å². The van der Waals surface area contributed by atoms with Crippen LogP contribution in [0, 0.1) is 5.92 Å². The minimum atomic E-state index is -0.208. The molecule has 3 aliphatic heterocycles. The van der Waals surface area contributed by atoms with Crippen LogP contribution in [0.5, 0.6) is 0 Å². The summed E-state index contributed by atoms with van der Waals surface area (Å²) in [6.07, 6.45) is 3.66. The fourth-order valence-corrected chi connectivity index (χ4v) is 4.80. The van der Waals surface area contributed by atoms with Gasteiger partial charge in [-0.2, -0.15) is 0 Å². The maximum atomic E-state index is 12.6. The number of amides is 4. The maximum Gasteiger partial charge on any atom is 0.327 e. The highest BCUT2D eigenvalue weighted by molar-refractivity contribution is 6.04. The van der Waals surface area contributed by atoms with E-state index in [0.29, 0.717) is 6.54 Å². The number of hydrogen-bond acceptors (Lipinski definition) is 5. The summed E-state index contributed by atoms with van der Waals surface area (Å²) in [6.45, 7) is 9.62. The van der Waals surface area contributed by atoms with E-state index in [1.165, 1.54) is 4.90 Å². The summed E-state index contributed by atoms with van der Waals surface area (Å²) < 4.78 is 0. The molecule has 4 amide bonds. The lowest BCUT2D eigenvalue weighted by Crippen LogP contribution is -2.47. The van der Waals surface area contributed by atoms with Crippen molar-refractivity contribution in [2.24, 2.45) is 5.92 Å². The number of rotatable bonds is 7. The van der Waals surface area contributed by atoms with Gasteiger partial charge in [-0.25, -0.2) is 4.79 Å². The van der Waals surface area contributed by atoms with Crippen LogP contribution >= 0.6 is 0 Å². The Balaban J connectivity index is 1.22. The number of urea groups is 1. The van der Waals surface area contributed by atoms with Gasteiger partial charge in [0.25, 0.3) is 5.91 Å². The van der Waals surface area contributed by atoms with Crippen molar-refractivity contribution in [1.82, 2.24) is 14.7 Å². The van der Waals surface area contributed by atoms with Crippen molar-refractivity contribution >= 4 is 29.2 Å². The van der Waals surface area contributed by atoms with Crippen LogP contribution in [-0.4, -0.2) is 84.4 Å². The molecule has 3 fully saturated rings. The molecule has 0 unspecified atom stereocenters. The van der Waals surface area contributed by atoms with Gasteiger partial charge in [0.1, 0.15) is 6.04 Å². The molecular formula is C24H35N5O3. The zero-order valence-corrected chi connectivity index (χ0v) is 19.3. The van der Waals surface area contributed by atoms with Gasteiger partial charge in [-0.05, 0) is 50.4 Å². The van der Waals surface area contributed by atoms with Crippen LogP contribution in [0.2, 0.25) is 0 Å². The highest BCUT2D eigenvalue weighted by Crippen LogP contribution is 2.27. The molecule has 0 bridgehead atoms. The third kappa shape index (κ3) is 4.90. The number of nitrogens with zero attached hydrogens (tertiary/aromatic N) is 4. The number of piperidine rings is 1. The number of nitrogens with one attached hydrogen (secondary N) is 1. The second-order valence-electron chi connectivity index (χ2n) is 9.35. The van der Waals surface area contributed by atoms with Crippen LogP contribution in [-0.2, 0) is 9.59 Å². The first-order valence-electron chi connectivity index (χ1n) is 11.9. The van der Waals surface area contributed by atoms with Crippen LogP contribution in [0.15, 0.2) is 24.3 Å². The van der Waals surface area contributed by atoms with Gasteiger partial charge in [-0.1, -0.05) is 19.9 Å². The average molecular weight is 442 g/mol. The smallest absolute Gasteiger partial charge is 0.327 e. The summed E-state index contributed by atoms with van der Waals surface area (Å²) in [5, 5.41) is 2.97. The molecule has 3 heterocycles. The Morgan fingerprint density at radius 3 is 2.56 bits per heavy atom. The lowest BCUT2D eigenvalue weighted by molar-refractivity contribution is -0.129. The molecular weight excluding hydrogens is 406 g/mol. The van der Waals surface area contributed by atoms with E-state index in [2.05, 4.69) is 21.2 Å². The first kappa shape index (κ1) is 22.6. The van der Waals surface area contributed by atoms with E-state index in [0.717, 1.165) is 76.3 Å². The molecule has 8 nitrogen and oxygen atoms in total. The van der Waals surface area contributed by atoms with Crippen LogP contribution < -0.4 is 10.2 Å². The van der Waals surface area contributed by atoms with Gasteiger partial charge in [0, 0.05) is 56.6 Å². The second kappa shape index (κ2) is 9.90. The third-order valence-corrected chi connectivity index (χ3v) is 6.76. The standard InChI is InChI=1S/C24H35N5O3/c1-18(2)22(30)25-19-7-5-8-20(17-19)27-15-13-26(14-16-27)10-6-12-29-23(31)21-9-3-4-11-28(21)24(29)32/h5,7-8,17-18,21H,3-4,6,9-16H2,1-2H3,(H,25,30)/t21-/m0/s1. The zero-order chi connectivity index (χ0) is 22.7. The van der Waals surface area contributed by atoms with E-state index in [1.807, 2.05) is 32.0 Å². The molecule has 3 aliphatic rings. The first-order valence-corrected chi connectivity index (χ1v) is 11.9. The summed E-state index contributed by atoms with van der Waals surface area (Å²) >= 11 is 0. The zero-order valence-electron chi connectivity index (χ0n) is 19.3. The molecule has 0 saturated carbocycles. The van der Waals surface area contributed by atoms with Gasteiger partial charge in [0.05, 0.1) is 0 Å². The maximum absolute atomic E-state index is 12.6. The summed E-state index contributed by atoms with van der Waals surface area (Å²) in [4.78, 5) is 45.1. The molecule has 1 aromatic carbocycles. The molecule has 0 aliphatic carbocycles. The van der Waals surface area contributed by atoms with Gasteiger partial charge in [0.15, 0.2) is 0 Å². The van der Waals surface area contributed by atoms with E-state index in [9.17, 15) is 14.4 Å². The van der Waals surface area contributed by atoms with E-state index in [4.69, 9.17) is 0 Å². The number of imide groups is 1. The number of fused-ring (bicyclic) bond motifs is 1. The predicted molar refractivity (Wildman–Crippen MR) is 125 cm³/mol. The number of carbonyl (C=O) groups excluding carboxylic acids is 3. The Kier molecular flexibility index (Phi) is 6.98. The molecule has 0 spiro atoms. The Labute approximate surface area is 190 Å². The third-order valence-electron chi connectivity index (χ3n) is 6.76. The summed E-state index contributed by atoms with van der Waals surface area (Å²) in [6, 6.07) is 7.73. The number of hydrogen-bond donors (Lipinski definition) is 1. The fraction of sp³-hybridized carbons (Fsp3) is 0.625. The fourth-order valence-electron chi connectivity index (χ4n) is 4.80. The number of carbonyl (C=O) groups is 3. The second-order valence-corrected chi connectivity index (χ2v) is 9.35. The minimum Gasteiger partial charge on any atom is -0.369 e. The number of piperazine rings is 1. The largest absolute Gasteiger partial charge is 0.369 e. The summed E-state index contributed by atoms with van der Waals surface area (Å²) in [5.74, 6) is -0.0171. The lowest BCUT2D eigenvalue weighted by Gasteiger charge is -2.36. The van der Waals surface area contributed by atoms with Crippen molar-refractivity contribution in [1.29, 1.82) is 0 Å². The molecule has 4 rings (SSSR count). The van der Waals surface area contributed by atoms with Crippen molar-refractivity contribution in [2.45, 2.75) is 45.6 Å². The monoisotopic (exact) mass is 441 g/mol. The van der Waals surface area contributed by atoms with Gasteiger partial charge in [-0.15, -0.1) is 0 Å². The van der Waals surface area contributed by atoms with Crippen molar-refractivity contribution in [3.05, 3.63) is 24.3 Å². The Bertz CT molecular complexity index is 826. The number of anilines is 2. The highest BCUT2D eigenvalue weighted by atomic mass is 16.2. The topological polar surface area (TPSA) is 76.2 Å². The van der Waals surface area contributed by atoms with Gasteiger partial charge in [-0.3, -0.25) is 19.4 Å². The average Bonchev–Trinajstić information content (AvgIpc) is 3.05.